The fourth-order valence-corrected chi connectivity index (χ4v) is 1.20. The van der Waals surface area contributed by atoms with E-state index in [-0.39, 0.29) is 5.91 Å². The summed E-state index contributed by atoms with van der Waals surface area (Å²) in [6.07, 6.45) is 1.19. The van der Waals surface area contributed by atoms with E-state index < -0.39 is 0 Å². The first kappa shape index (κ1) is 12.5. The highest BCUT2D eigenvalue weighted by atomic mass is 16.5. The second-order valence-electron chi connectivity index (χ2n) is 3.40. The van der Waals surface area contributed by atoms with E-state index in [1.54, 1.807) is 0 Å². The molecule has 1 amide bonds. The van der Waals surface area contributed by atoms with E-state index >= 15 is 0 Å². The summed E-state index contributed by atoms with van der Waals surface area (Å²) in [6.45, 7) is 1.64. The van der Waals surface area contributed by atoms with Crippen LogP contribution in [0.2, 0.25) is 0 Å². The van der Waals surface area contributed by atoms with Crippen molar-refractivity contribution in [2.75, 3.05) is 19.7 Å². The molecule has 1 aromatic rings. The van der Waals surface area contributed by atoms with Crippen LogP contribution in [0.3, 0.4) is 0 Å². The van der Waals surface area contributed by atoms with Gasteiger partial charge in [0, 0.05) is 6.54 Å². The predicted molar refractivity (Wildman–Crippen MR) is 63.2 cm³/mol. The highest BCUT2D eigenvalue weighted by Gasteiger charge is 2.00. The van der Waals surface area contributed by atoms with Gasteiger partial charge >= 0.3 is 0 Å². The normalized spacial score (nSPS) is 9.81. The van der Waals surface area contributed by atoms with Crippen molar-refractivity contribution in [3.63, 3.8) is 0 Å². The topological polar surface area (TPSA) is 64.3 Å². The van der Waals surface area contributed by atoms with E-state index in [4.69, 9.17) is 10.5 Å². The molecule has 0 aliphatic heterocycles. The van der Waals surface area contributed by atoms with Crippen LogP contribution in [0.25, 0.3) is 0 Å². The third kappa shape index (κ3) is 5.36. The summed E-state index contributed by atoms with van der Waals surface area (Å²) < 4.78 is 5.40. The Morgan fingerprint density at radius 2 is 2.06 bits per heavy atom. The number of para-hydroxylation sites is 1. The minimum absolute atomic E-state index is 0.00406. The zero-order chi connectivity index (χ0) is 11.6. The second-order valence-corrected chi connectivity index (χ2v) is 3.40. The molecule has 0 spiro atoms. The molecule has 4 heteroatoms. The molecule has 0 aliphatic rings. The molecule has 4 nitrogen and oxygen atoms in total. The number of carbonyl (C=O) groups excluding carboxylic acids is 1. The summed E-state index contributed by atoms with van der Waals surface area (Å²) in [4.78, 5) is 11.3. The summed E-state index contributed by atoms with van der Waals surface area (Å²) in [5.74, 6) is 0.793. The SMILES string of the molecule is NCCCNC(=O)CCOc1ccccc1. The average Bonchev–Trinajstić information content (AvgIpc) is 2.31. The maximum atomic E-state index is 11.3. The minimum Gasteiger partial charge on any atom is -0.493 e. The van der Waals surface area contributed by atoms with Crippen molar-refractivity contribution < 1.29 is 9.53 Å². The fraction of sp³-hybridized carbons (Fsp3) is 0.417. The van der Waals surface area contributed by atoms with Crippen LogP contribution in [-0.2, 0) is 4.79 Å². The molecule has 0 heterocycles. The van der Waals surface area contributed by atoms with Crippen LogP contribution in [0.4, 0.5) is 0 Å². The van der Waals surface area contributed by atoms with Crippen molar-refractivity contribution in [1.29, 1.82) is 0 Å². The molecule has 1 rings (SSSR count). The van der Waals surface area contributed by atoms with Crippen LogP contribution in [-0.4, -0.2) is 25.6 Å². The van der Waals surface area contributed by atoms with Crippen LogP contribution in [0.5, 0.6) is 5.75 Å². The van der Waals surface area contributed by atoms with E-state index in [2.05, 4.69) is 5.32 Å². The third-order valence-corrected chi connectivity index (χ3v) is 2.04. The van der Waals surface area contributed by atoms with Gasteiger partial charge in [-0.2, -0.15) is 0 Å². The second kappa shape index (κ2) is 7.70. The van der Waals surface area contributed by atoms with Gasteiger partial charge in [-0.1, -0.05) is 18.2 Å². The number of nitrogens with one attached hydrogen (secondary N) is 1. The Kier molecular flexibility index (Phi) is 6.03. The molecular formula is C12H18N2O2. The smallest absolute Gasteiger partial charge is 0.223 e. The lowest BCUT2D eigenvalue weighted by molar-refractivity contribution is -0.121. The largest absolute Gasteiger partial charge is 0.493 e. The lowest BCUT2D eigenvalue weighted by Gasteiger charge is -2.06. The van der Waals surface area contributed by atoms with Gasteiger partial charge in [-0.15, -0.1) is 0 Å². The monoisotopic (exact) mass is 222 g/mol. The number of ether oxygens (including phenoxy) is 1. The van der Waals surface area contributed by atoms with Crippen molar-refractivity contribution in [2.45, 2.75) is 12.8 Å². The van der Waals surface area contributed by atoms with E-state index in [0.29, 0.717) is 26.1 Å². The molecule has 0 aromatic heterocycles. The number of benzene rings is 1. The van der Waals surface area contributed by atoms with Gasteiger partial charge in [0.05, 0.1) is 13.0 Å². The molecule has 16 heavy (non-hydrogen) atoms. The first-order valence-corrected chi connectivity index (χ1v) is 5.47. The van der Waals surface area contributed by atoms with Gasteiger partial charge in [-0.3, -0.25) is 4.79 Å². The number of hydrogen-bond donors (Lipinski definition) is 2. The zero-order valence-corrected chi connectivity index (χ0v) is 9.32. The average molecular weight is 222 g/mol. The Morgan fingerprint density at radius 1 is 1.31 bits per heavy atom. The minimum atomic E-state index is 0.00406. The molecule has 0 fully saturated rings. The van der Waals surface area contributed by atoms with Crippen molar-refractivity contribution in [3.8, 4) is 5.75 Å². The van der Waals surface area contributed by atoms with Gasteiger partial charge in [0.1, 0.15) is 5.75 Å². The molecule has 0 aliphatic carbocycles. The van der Waals surface area contributed by atoms with E-state index in [1.807, 2.05) is 30.3 Å². The van der Waals surface area contributed by atoms with Gasteiger partial charge in [0.2, 0.25) is 5.91 Å². The van der Waals surface area contributed by atoms with Crippen LogP contribution in [0, 0.1) is 0 Å². The van der Waals surface area contributed by atoms with E-state index in [0.717, 1.165) is 12.2 Å². The summed E-state index contributed by atoms with van der Waals surface area (Å²) in [5, 5.41) is 2.77. The molecule has 0 radical (unpaired) electrons. The van der Waals surface area contributed by atoms with Gasteiger partial charge in [0.25, 0.3) is 0 Å². The predicted octanol–water partition coefficient (Wildman–Crippen LogP) is 0.920. The Hall–Kier alpha value is -1.55. The van der Waals surface area contributed by atoms with Gasteiger partial charge < -0.3 is 15.8 Å². The van der Waals surface area contributed by atoms with Crippen LogP contribution in [0.15, 0.2) is 30.3 Å². The van der Waals surface area contributed by atoms with E-state index in [9.17, 15) is 4.79 Å². The highest BCUT2D eigenvalue weighted by molar-refractivity contribution is 5.75. The molecule has 0 saturated heterocycles. The van der Waals surface area contributed by atoms with Crippen LogP contribution >= 0.6 is 0 Å². The van der Waals surface area contributed by atoms with Gasteiger partial charge in [0.15, 0.2) is 0 Å². The number of nitrogens with two attached hydrogens (primary N) is 1. The fourth-order valence-electron chi connectivity index (χ4n) is 1.20. The lowest BCUT2D eigenvalue weighted by atomic mass is 10.3. The number of hydrogen-bond acceptors (Lipinski definition) is 3. The highest BCUT2D eigenvalue weighted by Crippen LogP contribution is 2.08. The Morgan fingerprint density at radius 3 is 2.75 bits per heavy atom. The van der Waals surface area contributed by atoms with Crippen molar-refractivity contribution in [1.82, 2.24) is 5.32 Å². The number of rotatable bonds is 7. The quantitative estimate of drug-likeness (QED) is 0.674. The van der Waals surface area contributed by atoms with Gasteiger partial charge in [-0.05, 0) is 25.1 Å². The zero-order valence-electron chi connectivity index (χ0n) is 9.32. The molecule has 3 N–H and O–H groups in total. The Balaban J connectivity index is 2.09. The molecule has 0 unspecified atom stereocenters. The Bertz CT molecular complexity index is 301. The molecular weight excluding hydrogens is 204 g/mol. The first-order chi connectivity index (χ1) is 7.83. The molecule has 1 aromatic carbocycles. The summed E-state index contributed by atoms with van der Waals surface area (Å²) in [7, 11) is 0. The lowest BCUT2D eigenvalue weighted by Crippen LogP contribution is -2.27. The summed E-state index contributed by atoms with van der Waals surface area (Å²) >= 11 is 0. The van der Waals surface area contributed by atoms with Crippen LogP contribution in [0.1, 0.15) is 12.8 Å². The maximum Gasteiger partial charge on any atom is 0.223 e. The van der Waals surface area contributed by atoms with Crippen molar-refractivity contribution in [3.05, 3.63) is 30.3 Å². The number of amides is 1. The molecule has 0 saturated carbocycles. The maximum absolute atomic E-state index is 11.3. The Labute approximate surface area is 95.8 Å². The number of carbonyl (C=O) groups is 1. The van der Waals surface area contributed by atoms with Crippen molar-refractivity contribution in [2.24, 2.45) is 5.73 Å². The first-order valence-electron chi connectivity index (χ1n) is 5.47. The van der Waals surface area contributed by atoms with Crippen molar-refractivity contribution >= 4 is 5.91 Å². The molecule has 0 atom stereocenters. The van der Waals surface area contributed by atoms with Gasteiger partial charge in [-0.25, -0.2) is 0 Å². The summed E-state index contributed by atoms with van der Waals surface area (Å²) in [6, 6.07) is 9.46. The van der Waals surface area contributed by atoms with E-state index in [1.165, 1.54) is 0 Å². The third-order valence-electron chi connectivity index (χ3n) is 2.04. The van der Waals surface area contributed by atoms with Crippen LogP contribution < -0.4 is 15.8 Å². The standard InChI is InChI=1S/C12H18N2O2/c13-8-4-9-14-12(15)7-10-16-11-5-2-1-3-6-11/h1-3,5-6H,4,7-10,13H2,(H,14,15). The molecule has 0 bridgehead atoms. The summed E-state index contributed by atoms with van der Waals surface area (Å²) in [5.41, 5.74) is 5.31. The molecule has 88 valence electrons.